The number of hydrogen-bond donors (Lipinski definition) is 0. The lowest BCUT2D eigenvalue weighted by Crippen LogP contribution is -2.08. The van der Waals surface area contributed by atoms with Crippen LogP contribution in [0.3, 0.4) is 0 Å². The van der Waals surface area contributed by atoms with Crippen molar-refractivity contribution in [1.29, 1.82) is 0 Å². The second-order valence-corrected chi connectivity index (χ2v) is 4.11. The lowest BCUT2D eigenvalue weighted by atomic mass is 9.86. The molecule has 0 unspecified atom stereocenters. The van der Waals surface area contributed by atoms with Gasteiger partial charge in [-0.25, -0.2) is 4.79 Å². The average molecular weight is 196 g/mol. The molecule has 0 aromatic rings. The van der Waals surface area contributed by atoms with Crippen LogP contribution in [0, 0.1) is 5.41 Å². The Labute approximate surface area is 86.6 Å². The SMILES string of the molecule is C=CC(C)(C)CC(C)=CC(=O)OCC. The Morgan fingerprint density at radius 3 is 2.50 bits per heavy atom. The summed E-state index contributed by atoms with van der Waals surface area (Å²) < 4.78 is 4.82. The lowest BCUT2D eigenvalue weighted by Gasteiger charge is -2.19. The van der Waals surface area contributed by atoms with Crippen molar-refractivity contribution in [2.45, 2.75) is 34.1 Å². The first-order valence-corrected chi connectivity index (χ1v) is 4.89. The predicted molar refractivity (Wildman–Crippen MR) is 59.0 cm³/mol. The molecule has 0 saturated heterocycles. The van der Waals surface area contributed by atoms with Crippen LogP contribution in [0.25, 0.3) is 0 Å². The van der Waals surface area contributed by atoms with Crippen LogP contribution in [0.15, 0.2) is 24.3 Å². The summed E-state index contributed by atoms with van der Waals surface area (Å²) in [4.78, 5) is 11.1. The van der Waals surface area contributed by atoms with Crippen LogP contribution in [0.4, 0.5) is 0 Å². The highest BCUT2D eigenvalue weighted by atomic mass is 16.5. The first-order valence-electron chi connectivity index (χ1n) is 4.89. The summed E-state index contributed by atoms with van der Waals surface area (Å²) in [6.07, 6.45) is 4.28. The Bertz CT molecular complexity index is 237. The van der Waals surface area contributed by atoms with Gasteiger partial charge in [0.25, 0.3) is 0 Å². The highest BCUT2D eigenvalue weighted by Crippen LogP contribution is 2.25. The summed E-state index contributed by atoms with van der Waals surface area (Å²) in [6.45, 7) is 12.1. The second-order valence-electron chi connectivity index (χ2n) is 4.11. The Kier molecular flexibility index (Phi) is 5.21. The number of rotatable bonds is 5. The third-order valence-corrected chi connectivity index (χ3v) is 1.94. The van der Waals surface area contributed by atoms with E-state index in [1.165, 1.54) is 0 Å². The molecule has 0 aliphatic carbocycles. The zero-order chi connectivity index (χ0) is 11.2. The molecular weight excluding hydrogens is 176 g/mol. The van der Waals surface area contributed by atoms with Gasteiger partial charge in [-0.05, 0) is 25.7 Å². The van der Waals surface area contributed by atoms with Crippen LogP contribution in [0.2, 0.25) is 0 Å². The van der Waals surface area contributed by atoms with E-state index in [2.05, 4.69) is 20.4 Å². The van der Waals surface area contributed by atoms with Crippen molar-refractivity contribution < 1.29 is 9.53 Å². The monoisotopic (exact) mass is 196 g/mol. The maximum absolute atomic E-state index is 11.1. The minimum absolute atomic E-state index is 0.0348. The van der Waals surface area contributed by atoms with E-state index in [-0.39, 0.29) is 11.4 Å². The molecule has 0 aromatic carbocycles. The Morgan fingerprint density at radius 2 is 2.07 bits per heavy atom. The van der Waals surface area contributed by atoms with Crippen LogP contribution in [-0.2, 0) is 9.53 Å². The van der Waals surface area contributed by atoms with Gasteiger partial charge >= 0.3 is 5.97 Å². The molecule has 14 heavy (non-hydrogen) atoms. The highest BCUT2D eigenvalue weighted by Gasteiger charge is 2.13. The summed E-state index contributed by atoms with van der Waals surface area (Å²) in [5.74, 6) is -0.259. The number of ether oxygens (including phenoxy) is 1. The number of carbonyl (C=O) groups is 1. The van der Waals surface area contributed by atoms with E-state index < -0.39 is 0 Å². The summed E-state index contributed by atoms with van der Waals surface area (Å²) in [5.41, 5.74) is 1.06. The van der Waals surface area contributed by atoms with Crippen molar-refractivity contribution in [1.82, 2.24) is 0 Å². The van der Waals surface area contributed by atoms with Gasteiger partial charge in [-0.1, -0.05) is 25.5 Å². The van der Waals surface area contributed by atoms with Crippen LogP contribution < -0.4 is 0 Å². The molecule has 0 rings (SSSR count). The predicted octanol–water partition coefficient (Wildman–Crippen LogP) is 3.10. The first kappa shape index (κ1) is 12.9. The van der Waals surface area contributed by atoms with Crippen molar-refractivity contribution in [3.63, 3.8) is 0 Å². The zero-order valence-electron chi connectivity index (χ0n) is 9.59. The van der Waals surface area contributed by atoms with Gasteiger partial charge in [0.2, 0.25) is 0 Å². The van der Waals surface area contributed by atoms with E-state index in [1.54, 1.807) is 13.0 Å². The lowest BCUT2D eigenvalue weighted by molar-refractivity contribution is -0.137. The summed E-state index contributed by atoms with van der Waals surface area (Å²) in [6, 6.07) is 0. The summed E-state index contributed by atoms with van der Waals surface area (Å²) in [5, 5.41) is 0. The fourth-order valence-corrected chi connectivity index (χ4v) is 1.23. The third kappa shape index (κ3) is 5.57. The van der Waals surface area contributed by atoms with Crippen molar-refractivity contribution in [2.24, 2.45) is 5.41 Å². The van der Waals surface area contributed by atoms with Gasteiger partial charge in [0.15, 0.2) is 0 Å². The largest absolute Gasteiger partial charge is 0.463 e. The van der Waals surface area contributed by atoms with Gasteiger partial charge in [-0.15, -0.1) is 6.58 Å². The molecule has 0 aliphatic rings. The van der Waals surface area contributed by atoms with Gasteiger partial charge in [0, 0.05) is 6.08 Å². The molecule has 0 aliphatic heterocycles. The molecule has 0 saturated carbocycles. The van der Waals surface area contributed by atoms with Crippen molar-refractivity contribution in [3.8, 4) is 0 Å². The molecule has 0 fully saturated rings. The standard InChI is InChI=1S/C12H20O2/c1-6-12(4,5)9-10(3)8-11(13)14-7-2/h6,8H,1,7,9H2,2-5H3. The van der Waals surface area contributed by atoms with E-state index in [0.29, 0.717) is 6.61 Å². The summed E-state index contributed by atoms with van der Waals surface area (Å²) >= 11 is 0. The molecule has 2 heteroatoms. The summed E-state index contributed by atoms with van der Waals surface area (Å²) in [7, 11) is 0. The van der Waals surface area contributed by atoms with Gasteiger partial charge in [0.1, 0.15) is 0 Å². The fraction of sp³-hybridized carbons (Fsp3) is 0.583. The maximum Gasteiger partial charge on any atom is 0.330 e. The Hall–Kier alpha value is -1.05. The number of esters is 1. The molecule has 0 spiro atoms. The minimum atomic E-state index is -0.259. The molecule has 0 radical (unpaired) electrons. The van der Waals surface area contributed by atoms with Crippen molar-refractivity contribution in [2.75, 3.05) is 6.61 Å². The fourth-order valence-electron chi connectivity index (χ4n) is 1.23. The second kappa shape index (κ2) is 5.63. The maximum atomic E-state index is 11.1. The van der Waals surface area contributed by atoms with Gasteiger partial charge < -0.3 is 4.74 Å². The number of allylic oxidation sites excluding steroid dienone is 2. The van der Waals surface area contributed by atoms with E-state index in [1.807, 2.05) is 13.0 Å². The topological polar surface area (TPSA) is 26.3 Å². The molecule has 2 nitrogen and oxygen atoms in total. The minimum Gasteiger partial charge on any atom is -0.463 e. The molecule has 0 N–H and O–H groups in total. The van der Waals surface area contributed by atoms with Crippen molar-refractivity contribution >= 4 is 5.97 Å². The van der Waals surface area contributed by atoms with Crippen molar-refractivity contribution in [3.05, 3.63) is 24.3 Å². The van der Waals surface area contributed by atoms with Crippen LogP contribution in [0.1, 0.15) is 34.1 Å². The first-order chi connectivity index (χ1) is 6.41. The molecule has 0 bridgehead atoms. The molecule has 0 heterocycles. The Balaban J connectivity index is 4.26. The molecule has 0 amide bonds. The molecule has 0 atom stereocenters. The molecule has 80 valence electrons. The van der Waals surface area contributed by atoms with E-state index in [9.17, 15) is 4.79 Å². The third-order valence-electron chi connectivity index (χ3n) is 1.94. The van der Waals surface area contributed by atoms with Gasteiger partial charge in [0.05, 0.1) is 6.61 Å². The normalized spacial score (nSPS) is 12.4. The quantitative estimate of drug-likeness (QED) is 0.383. The van der Waals surface area contributed by atoms with E-state index in [0.717, 1.165) is 12.0 Å². The Morgan fingerprint density at radius 1 is 1.50 bits per heavy atom. The molecule has 0 aromatic heterocycles. The van der Waals surface area contributed by atoms with Crippen LogP contribution in [-0.4, -0.2) is 12.6 Å². The van der Waals surface area contributed by atoms with Gasteiger partial charge in [-0.2, -0.15) is 0 Å². The molecular formula is C12H20O2. The van der Waals surface area contributed by atoms with Crippen LogP contribution >= 0.6 is 0 Å². The van der Waals surface area contributed by atoms with Crippen LogP contribution in [0.5, 0.6) is 0 Å². The smallest absolute Gasteiger partial charge is 0.330 e. The van der Waals surface area contributed by atoms with E-state index in [4.69, 9.17) is 4.74 Å². The van der Waals surface area contributed by atoms with Gasteiger partial charge in [-0.3, -0.25) is 0 Å². The zero-order valence-corrected chi connectivity index (χ0v) is 9.59. The van der Waals surface area contributed by atoms with E-state index >= 15 is 0 Å². The average Bonchev–Trinajstić information content (AvgIpc) is 2.03. The number of carbonyl (C=O) groups excluding carboxylic acids is 1. The highest BCUT2D eigenvalue weighted by molar-refractivity contribution is 5.82. The number of hydrogen-bond acceptors (Lipinski definition) is 2.